The lowest BCUT2D eigenvalue weighted by Gasteiger charge is -2.37. The molecular weight excluding hydrogens is 385 g/mol. The van der Waals surface area contributed by atoms with Crippen molar-refractivity contribution in [3.63, 3.8) is 0 Å². The third-order valence-electron chi connectivity index (χ3n) is 5.31. The van der Waals surface area contributed by atoms with Gasteiger partial charge in [0.15, 0.2) is 0 Å². The summed E-state index contributed by atoms with van der Waals surface area (Å²) in [6.45, 7) is 7.45. The molecule has 5 nitrogen and oxygen atoms in total. The number of ether oxygens (including phenoxy) is 1. The number of rotatable bonds is 6. The van der Waals surface area contributed by atoms with Gasteiger partial charge in [-0.25, -0.2) is 0 Å². The normalized spacial score (nSPS) is 24.2. The molecule has 7 heteroatoms. The predicted molar refractivity (Wildman–Crippen MR) is 114 cm³/mol. The zero-order valence-electron chi connectivity index (χ0n) is 16.1. The van der Waals surface area contributed by atoms with Crippen molar-refractivity contribution < 1.29 is 9.53 Å². The van der Waals surface area contributed by atoms with Gasteiger partial charge < -0.3 is 15.4 Å². The van der Waals surface area contributed by atoms with E-state index in [-0.39, 0.29) is 48.8 Å². The Bertz CT molecular complexity index is 541. The summed E-state index contributed by atoms with van der Waals surface area (Å²) in [5, 5.41) is 6.58. The molecule has 2 aliphatic heterocycles. The van der Waals surface area contributed by atoms with E-state index in [1.54, 1.807) is 0 Å². The Balaban J connectivity index is 0.00000182. The number of benzene rings is 1. The molecule has 3 atom stereocenters. The Hall–Kier alpha value is -0.850. The third-order valence-corrected chi connectivity index (χ3v) is 5.31. The van der Waals surface area contributed by atoms with Crippen LogP contribution >= 0.6 is 24.8 Å². The summed E-state index contributed by atoms with van der Waals surface area (Å²) >= 11 is 0. The van der Waals surface area contributed by atoms with E-state index in [0.29, 0.717) is 0 Å². The first kappa shape index (κ1) is 24.2. The number of hydrogen-bond acceptors (Lipinski definition) is 4. The maximum Gasteiger partial charge on any atom is 0.224 e. The van der Waals surface area contributed by atoms with Gasteiger partial charge in [0.1, 0.15) is 0 Å². The molecule has 0 aliphatic carbocycles. The van der Waals surface area contributed by atoms with E-state index in [4.69, 9.17) is 4.74 Å². The van der Waals surface area contributed by atoms with Gasteiger partial charge in [0.05, 0.1) is 24.7 Å². The first-order valence-corrected chi connectivity index (χ1v) is 9.65. The van der Waals surface area contributed by atoms with E-state index in [2.05, 4.69) is 46.7 Å². The lowest BCUT2D eigenvalue weighted by atomic mass is 9.97. The van der Waals surface area contributed by atoms with Crippen LogP contribution in [0.1, 0.15) is 31.7 Å². The molecule has 2 saturated heterocycles. The number of carbonyl (C=O) groups excluding carboxylic acids is 1. The fourth-order valence-corrected chi connectivity index (χ4v) is 3.79. The number of piperidine rings is 1. The van der Waals surface area contributed by atoms with Crippen molar-refractivity contribution in [1.82, 2.24) is 15.5 Å². The molecule has 3 rings (SSSR count). The molecule has 2 fully saturated rings. The summed E-state index contributed by atoms with van der Waals surface area (Å²) in [7, 11) is 0. The largest absolute Gasteiger partial charge is 0.373 e. The summed E-state index contributed by atoms with van der Waals surface area (Å²) in [5.74, 6) is 0.287. The summed E-state index contributed by atoms with van der Waals surface area (Å²) < 4.78 is 6.02. The van der Waals surface area contributed by atoms with Crippen LogP contribution in [0.3, 0.4) is 0 Å². The van der Waals surface area contributed by atoms with Crippen LogP contribution in [-0.4, -0.2) is 55.7 Å². The maximum absolute atomic E-state index is 12.6. The number of halogens is 2. The van der Waals surface area contributed by atoms with Gasteiger partial charge in [-0.2, -0.15) is 0 Å². The third kappa shape index (κ3) is 7.24. The van der Waals surface area contributed by atoms with Crippen LogP contribution in [0.25, 0.3) is 0 Å². The van der Waals surface area contributed by atoms with Gasteiger partial charge in [0.25, 0.3) is 0 Å². The zero-order valence-corrected chi connectivity index (χ0v) is 17.7. The van der Waals surface area contributed by atoms with Gasteiger partial charge in [0, 0.05) is 26.2 Å². The molecule has 27 heavy (non-hydrogen) atoms. The van der Waals surface area contributed by atoms with Crippen molar-refractivity contribution in [2.24, 2.45) is 5.92 Å². The quantitative estimate of drug-likeness (QED) is 0.746. The van der Waals surface area contributed by atoms with Crippen molar-refractivity contribution >= 4 is 30.7 Å². The maximum atomic E-state index is 12.6. The molecule has 0 saturated carbocycles. The Kier molecular flexibility index (Phi) is 11.3. The van der Waals surface area contributed by atoms with Crippen molar-refractivity contribution in [3.8, 4) is 0 Å². The topological polar surface area (TPSA) is 53.6 Å². The summed E-state index contributed by atoms with van der Waals surface area (Å²) in [4.78, 5) is 15.0. The van der Waals surface area contributed by atoms with Gasteiger partial charge in [-0.3, -0.25) is 9.69 Å². The minimum atomic E-state index is 0. The Labute approximate surface area is 175 Å². The van der Waals surface area contributed by atoms with Crippen molar-refractivity contribution in [2.75, 3.05) is 32.8 Å². The molecule has 2 N–H and O–H groups in total. The van der Waals surface area contributed by atoms with Gasteiger partial charge in [0.2, 0.25) is 5.91 Å². The standard InChI is InChI=1S/C20H31N3O2.2ClH/c1-2-18(22-20(24)17-9-6-10-21-13-17)19-15-23(11-12-25-19)14-16-7-4-3-5-8-16;;/h3-5,7-8,17-19,21H,2,6,9-15H2,1H3,(H,22,24);2*1H. The molecule has 1 aromatic rings. The first-order valence-electron chi connectivity index (χ1n) is 9.65. The van der Waals surface area contributed by atoms with Crippen LogP contribution in [-0.2, 0) is 16.1 Å². The summed E-state index contributed by atoms with van der Waals surface area (Å²) in [6, 6.07) is 10.6. The molecule has 0 bridgehead atoms. The van der Waals surface area contributed by atoms with Crippen LogP contribution in [0, 0.1) is 5.92 Å². The Morgan fingerprint density at radius 1 is 1.33 bits per heavy atom. The molecular formula is C20H33Cl2N3O2. The second-order valence-corrected chi connectivity index (χ2v) is 7.20. The minimum Gasteiger partial charge on any atom is -0.373 e. The Morgan fingerprint density at radius 2 is 2.11 bits per heavy atom. The zero-order chi connectivity index (χ0) is 17.5. The average Bonchev–Trinajstić information content (AvgIpc) is 2.67. The van der Waals surface area contributed by atoms with E-state index in [1.807, 2.05) is 6.07 Å². The highest BCUT2D eigenvalue weighted by Crippen LogP contribution is 2.16. The van der Waals surface area contributed by atoms with E-state index in [0.717, 1.165) is 58.6 Å². The van der Waals surface area contributed by atoms with Gasteiger partial charge in [-0.05, 0) is 31.4 Å². The highest BCUT2D eigenvalue weighted by atomic mass is 35.5. The molecule has 0 aromatic heterocycles. The molecule has 2 heterocycles. The smallest absolute Gasteiger partial charge is 0.224 e. The minimum absolute atomic E-state index is 0. The molecule has 3 unspecified atom stereocenters. The lowest BCUT2D eigenvalue weighted by molar-refractivity contribution is -0.128. The predicted octanol–water partition coefficient (Wildman–Crippen LogP) is 2.63. The summed E-state index contributed by atoms with van der Waals surface area (Å²) in [6.07, 6.45) is 3.04. The molecule has 0 spiro atoms. The van der Waals surface area contributed by atoms with Crippen molar-refractivity contribution in [1.29, 1.82) is 0 Å². The number of morpholine rings is 1. The van der Waals surface area contributed by atoms with Crippen LogP contribution < -0.4 is 10.6 Å². The number of hydrogen-bond donors (Lipinski definition) is 2. The number of nitrogens with one attached hydrogen (secondary N) is 2. The van der Waals surface area contributed by atoms with Crippen LogP contribution in [0.15, 0.2) is 30.3 Å². The number of nitrogens with zero attached hydrogens (tertiary/aromatic N) is 1. The Morgan fingerprint density at radius 3 is 2.78 bits per heavy atom. The van der Waals surface area contributed by atoms with E-state index >= 15 is 0 Å². The molecule has 0 radical (unpaired) electrons. The summed E-state index contributed by atoms with van der Waals surface area (Å²) in [5.41, 5.74) is 1.33. The highest BCUT2D eigenvalue weighted by Gasteiger charge is 2.30. The monoisotopic (exact) mass is 417 g/mol. The number of amides is 1. The van der Waals surface area contributed by atoms with Gasteiger partial charge >= 0.3 is 0 Å². The van der Waals surface area contributed by atoms with Crippen LogP contribution in [0.4, 0.5) is 0 Å². The second-order valence-electron chi connectivity index (χ2n) is 7.20. The highest BCUT2D eigenvalue weighted by molar-refractivity contribution is 5.85. The van der Waals surface area contributed by atoms with Crippen molar-refractivity contribution in [3.05, 3.63) is 35.9 Å². The van der Waals surface area contributed by atoms with E-state index in [9.17, 15) is 4.79 Å². The molecule has 154 valence electrons. The first-order chi connectivity index (χ1) is 12.3. The van der Waals surface area contributed by atoms with Crippen molar-refractivity contribution in [2.45, 2.75) is 44.9 Å². The average molecular weight is 418 g/mol. The van der Waals surface area contributed by atoms with Gasteiger partial charge in [-0.15, -0.1) is 24.8 Å². The number of carbonyl (C=O) groups is 1. The molecule has 1 amide bonds. The molecule has 1 aromatic carbocycles. The second kappa shape index (κ2) is 12.6. The fraction of sp³-hybridized carbons (Fsp3) is 0.650. The lowest BCUT2D eigenvalue weighted by Crippen LogP contribution is -2.54. The van der Waals surface area contributed by atoms with Crippen LogP contribution in [0.5, 0.6) is 0 Å². The van der Waals surface area contributed by atoms with E-state index < -0.39 is 0 Å². The SMILES string of the molecule is CCC(NC(=O)C1CCCNC1)C1CN(Cc2ccccc2)CCO1.Cl.Cl. The van der Waals surface area contributed by atoms with Crippen LogP contribution in [0.2, 0.25) is 0 Å². The van der Waals surface area contributed by atoms with Gasteiger partial charge in [-0.1, -0.05) is 37.3 Å². The van der Waals surface area contributed by atoms with E-state index in [1.165, 1.54) is 5.56 Å². The molecule has 2 aliphatic rings. The fourth-order valence-electron chi connectivity index (χ4n) is 3.79.